The lowest BCUT2D eigenvalue weighted by atomic mass is 10.3. The lowest BCUT2D eigenvalue weighted by Gasteiger charge is -2.21. The smallest absolute Gasteiger partial charge is 0.191 e. The van der Waals surface area contributed by atoms with Gasteiger partial charge in [0.15, 0.2) is 5.16 Å². The lowest BCUT2D eigenvalue weighted by Crippen LogP contribution is -2.25. The summed E-state index contributed by atoms with van der Waals surface area (Å²) in [4.78, 5) is 0. The first-order chi connectivity index (χ1) is 7.81. The molecule has 16 heavy (non-hydrogen) atoms. The van der Waals surface area contributed by atoms with Gasteiger partial charge < -0.3 is 19.8 Å². The van der Waals surface area contributed by atoms with Gasteiger partial charge in [-0.05, 0) is 6.42 Å². The van der Waals surface area contributed by atoms with Crippen LogP contribution >= 0.6 is 11.8 Å². The summed E-state index contributed by atoms with van der Waals surface area (Å²) in [6.07, 6.45) is 1.19. The maximum Gasteiger partial charge on any atom is 0.191 e. The molecule has 0 radical (unpaired) electrons. The van der Waals surface area contributed by atoms with Crippen LogP contribution in [0.1, 0.15) is 12.2 Å². The van der Waals surface area contributed by atoms with E-state index in [1.54, 1.807) is 11.8 Å². The SMILES string of the molecule is Cn1c(CN)nnc1SCC1CCOCO1. The van der Waals surface area contributed by atoms with Crippen LogP contribution in [0.25, 0.3) is 0 Å². The summed E-state index contributed by atoms with van der Waals surface area (Å²) < 4.78 is 12.5. The predicted molar refractivity (Wildman–Crippen MR) is 59.9 cm³/mol. The minimum absolute atomic E-state index is 0.247. The molecule has 1 atom stereocenters. The Kier molecular flexibility index (Phi) is 4.16. The summed E-state index contributed by atoms with van der Waals surface area (Å²) in [5.74, 6) is 1.68. The van der Waals surface area contributed by atoms with Crippen molar-refractivity contribution in [1.82, 2.24) is 14.8 Å². The number of aromatic nitrogens is 3. The number of rotatable bonds is 4. The van der Waals surface area contributed by atoms with E-state index < -0.39 is 0 Å². The van der Waals surface area contributed by atoms with Crippen LogP contribution in [0.5, 0.6) is 0 Å². The normalized spacial score (nSPS) is 21.2. The van der Waals surface area contributed by atoms with Gasteiger partial charge >= 0.3 is 0 Å². The van der Waals surface area contributed by atoms with E-state index in [9.17, 15) is 0 Å². The van der Waals surface area contributed by atoms with Crippen molar-refractivity contribution in [1.29, 1.82) is 0 Å². The number of hydrogen-bond donors (Lipinski definition) is 1. The zero-order chi connectivity index (χ0) is 11.4. The molecule has 7 heteroatoms. The number of hydrogen-bond acceptors (Lipinski definition) is 6. The minimum atomic E-state index is 0.247. The molecule has 1 aliphatic rings. The third kappa shape index (κ3) is 2.73. The van der Waals surface area contributed by atoms with Crippen molar-refractivity contribution < 1.29 is 9.47 Å². The molecule has 0 spiro atoms. The first kappa shape index (κ1) is 11.8. The van der Waals surface area contributed by atoms with Crippen LogP contribution in [-0.2, 0) is 23.1 Å². The molecular weight excluding hydrogens is 228 g/mol. The molecule has 1 saturated heterocycles. The maximum atomic E-state index is 5.53. The van der Waals surface area contributed by atoms with Crippen molar-refractivity contribution in [3.63, 3.8) is 0 Å². The van der Waals surface area contributed by atoms with Crippen LogP contribution in [0.2, 0.25) is 0 Å². The molecule has 1 unspecified atom stereocenters. The van der Waals surface area contributed by atoms with Crippen LogP contribution in [0, 0.1) is 0 Å². The molecule has 1 aromatic rings. The van der Waals surface area contributed by atoms with Crippen molar-refractivity contribution >= 4 is 11.8 Å². The van der Waals surface area contributed by atoms with E-state index in [2.05, 4.69) is 10.2 Å². The Morgan fingerprint density at radius 1 is 1.56 bits per heavy atom. The predicted octanol–water partition coefficient (Wildman–Crippen LogP) is 0.129. The molecule has 6 nitrogen and oxygen atoms in total. The van der Waals surface area contributed by atoms with Crippen molar-refractivity contribution in [3.05, 3.63) is 5.82 Å². The van der Waals surface area contributed by atoms with Gasteiger partial charge in [-0.3, -0.25) is 0 Å². The first-order valence-corrected chi connectivity index (χ1v) is 6.20. The quantitative estimate of drug-likeness (QED) is 0.759. The number of thioether (sulfide) groups is 1. The molecule has 0 bridgehead atoms. The Balaban J connectivity index is 1.86. The van der Waals surface area contributed by atoms with E-state index in [0.29, 0.717) is 13.3 Å². The zero-order valence-electron chi connectivity index (χ0n) is 9.26. The summed E-state index contributed by atoms with van der Waals surface area (Å²) in [6, 6.07) is 0. The fourth-order valence-electron chi connectivity index (χ4n) is 1.45. The Morgan fingerprint density at radius 2 is 2.44 bits per heavy atom. The van der Waals surface area contributed by atoms with Crippen molar-refractivity contribution in [2.75, 3.05) is 19.2 Å². The van der Waals surface area contributed by atoms with E-state index in [0.717, 1.165) is 29.8 Å². The zero-order valence-corrected chi connectivity index (χ0v) is 10.1. The van der Waals surface area contributed by atoms with E-state index >= 15 is 0 Å². The summed E-state index contributed by atoms with van der Waals surface area (Å²) in [5, 5.41) is 8.96. The topological polar surface area (TPSA) is 75.2 Å². The molecule has 1 aliphatic heterocycles. The van der Waals surface area contributed by atoms with Gasteiger partial charge in [-0.2, -0.15) is 0 Å². The van der Waals surface area contributed by atoms with E-state index in [4.69, 9.17) is 15.2 Å². The summed E-state index contributed by atoms with van der Waals surface area (Å²) in [7, 11) is 1.93. The Labute approximate surface area is 98.5 Å². The molecule has 1 fully saturated rings. The van der Waals surface area contributed by atoms with Gasteiger partial charge in [0.05, 0.1) is 19.3 Å². The summed E-state index contributed by atoms with van der Waals surface area (Å²) in [5.41, 5.74) is 5.53. The molecule has 0 aromatic carbocycles. The molecule has 2 N–H and O–H groups in total. The highest BCUT2D eigenvalue weighted by Gasteiger charge is 2.16. The van der Waals surface area contributed by atoms with Gasteiger partial charge in [-0.15, -0.1) is 10.2 Å². The maximum absolute atomic E-state index is 5.53. The summed E-state index contributed by atoms with van der Waals surface area (Å²) in [6.45, 7) is 1.59. The molecule has 0 saturated carbocycles. The molecule has 0 aliphatic carbocycles. The Hall–Kier alpha value is -0.630. The number of nitrogens with two attached hydrogens (primary N) is 1. The van der Waals surface area contributed by atoms with Crippen molar-refractivity contribution in [3.8, 4) is 0 Å². The largest absolute Gasteiger partial charge is 0.355 e. The molecule has 2 rings (SSSR count). The Morgan fingerprint density at radius 3 is 3.06 bits per heavy atom. The molecule has 90 valence electrons. The van der Waals surface area contributed by atoms with Gasteiger partial charge in [-0.1, -0.05) is 11.8 Å². The van der Waals surface area contributed by atoms with Gasteiger partial charge in [-0.25, -0.2) is 0 Å². The number of ether oxygens (including phenoxy) is 2. The highest BCUT2D eigenvalue weighted by Crippen LogP contribution is 2.20. The van der Waals surface area contributed by atoms with Gasteiger partial charge in [0.25, 0.3) is 0 Å². The molecule has 2 heterocycles. The van der Waals surface area contributed by atoms with Crippen LogP contribution in [-0.4, -0.2) is 40.0 Å². The first-order valence-electron chi connectivity index (χ1n) is 5.21. The van der Waals surface area contributed by atoms with Crippen LogP contribution in [0.15, 0.2) is 5.16 Å². The van der Waals surface area contributed by atoms with Gasteiger partial charge in [0.1, 0.15) is 12.6 Å². The fraction of sp³-hybridized carbons (Fsp3) is 0.778. The van der Waals surface area contributed by atoms with Gasteiger partial charge in [0, 0.05) is 12.8 Å². The van der Waals surface area contributed by atoms with E-state index in [-0.39, 0.29) is 6.10 Å². The number of nitrogens with zero attached hydrogens (tertiary/aromatic N) is 3. The standard InChI is InChI=1S/C9H16N4O2S/c1-13-8(4-10)11-12-9(13)16-5-7-2-3-14-6-15-7/h7H,2-6,10H2,1H3. The molecule has 1 aromatic heterocycles. The monoisotopic (exact) mass is 244 g/mol. The lowest BCUT2D eigenvalue weighted by molar-refractivity contribution is -0.130. The highest BCUT2D eigenvalue weighted by atomic mass is 32.2. The fourth-order valence-corrected chi connectivity index (χ4v) is 2.44. The van der Waals surface area contributed by atoms with E-state index in [1.165, 1.54) is 0 Å². The highest BCUT2D eigenvalue weighted by molar-refractivity contribution is 7.99. The molecule has 0 amide bonds. The van der Waals surface area contributed by atoms with Crippen LogP contribution < -0.4 is 5.73 Å². The van der Waals surface area contributed by atoms with E-state index in [1.807, 2.05) is 11.6 Å². The second-order valence-corrected chi connectivity index (χ2v) is 4.56. The summed E-state index contributed by atoms with van der Waals surface area (Å²) >= 11 is 1.64. The second kappa shape index (κ2) is 5.62. The third-order valence-electron chi connectivity index (χ3n) is 2.48. The second-order valence-electron chi connectivity index (χ2n) is 3.58. The average molecular weight is 244 g/mol. The van der Waals surface area contributed by atoms with Crippen LogP contribution in [0.4, 0.5) is 0 Å². The van der Waals surface area contributed by atoms with Crippen molar-refractivity contribution in [2.45, 2.75) is 24.2 Å². The Bertz CT molecular complexity index is 338. The average Bonchev–Trinajstić information content (AvgIpc) is 2.69. The van der Waals surface area contributed by atoms with Crippen LogP contribution in [0.3, 0.4) is 0 Å². The molecular formula is C9H16N4O2S. The van der Waals surface area contributed by atoms with Gasteiger partial charge in [0.2, 0.25) is 0 Å². The third-order valence-corrected chi connectivity index (χ3v) is 3.63. The van der Waals surface area contributed by atoms with Crippen molar-refractivity contribution in [2.24, 2.45) is 12.8 Å². The minimum Gasteiger partial charge on any atom is -0.355 e.